The summed E-state index contributed by atoms with van der Waals surface area (Å²) in [5, 5.41) is 14.1. The smallest absolute Gasteiger partial charge is 0.237 e. The molecule has 0 aliphatic carbocycles. The van der Waals surface area contributed by atoms with Gasteiger partial charge in [-0.1, -0.05) is 13.8 Å². The van der Waals surface area contributed by atoms with Crippen molar-refractivity contribution in [3.05, 3.63) is 0 Å². The van der Waals surface area contributed by atoms with Gasteiger partial charge in [0, 0.05) is 19.0 Å². The zero-order valence-corrected chi connectivity index (χ0v) is 10.7. The minimum atomic E-state index is -0.618. The van der Waals surface area contributed by atoms with Gasteiger partial charge in [-0.25, -0.2) is 0 Å². The van der Waals surface area contributed by atoms with Gasteiger partial charge in [-0.2, -0.15) is 5.26 Å². The van der Waals surface area contributed by atoms with Gasteiger partial charge >= 0.3 is 0 Å². The van der Waals surface area contributed by atoms with Crippen LogP contribution in [-0.4, -0.2) is 24.4 Å². The van der Waals surface area contributed by atoms with Gasteiger partial charge in [-0.05, 0) is 19.8 Å². The normalized spacial score (nSPS) is 13.3. The molecule has 2 unspecified atom stereocenters. The molecule has 0 aliphatic heterocycles. The van der Waals surface area contributed by atoms with E-state index in [0.29, 0.717) is 6.42 Å². The van der Waals surface area contributed by atoms with Gasteiger partial charge in [0.1, 0.15) is 5.92 Å². The molecule has 0 aromatic heterocycles. The van der Waals surface area contributed by atoms with Crippen molar-refractivity contribution in [1.29, 1.82) is 5.26 Å². The monoisotopic (exact) mass is 239 g/mol. The summed E-state index contributed by atoms with van der Waals surface area (Å²) in [5.41, 5.74) is 0. The molecule has 5 heteroatoms. The molecule has 0 heterocycles. The van der Waals surface area contributed by atoms with E-state index in [4.69, 9.17) is 5.26 Å². The van der Waals surface area contributed by atoms with E-state index in [-0.39, 0.29) is 30.8 Å². The highest BCUT2D eigenvalue weighted by Crippen LogP contribution is 1.99. The van der Waals surface area contributed by atoms with Gasteiger partial charge in [-0.15, -0.1) is 0 Å². The number of carbonyl (C=O) groups excluding carboxylic acids is 2. The van der Waals surface area contributed by atoms with E-state index in [1.165, 1.54) is 0 Å². The minimum Gasteiger partial charge on any atom is -0.354 e. The summed E-state index contributed by atoms with van der Waals surface area (Å²) >= 11 is 0. The van der Waals surface area contributed by atoms with Crippen molar-refractivity contribution in [2.24, 2.45) is 5.92 Å². The number of amides is 2. The first kappa shape index (κ1) is 15.4. The Morgan fingerprint density at radius 2 is 1.94 bits per heavy atom. The molecule has 0 aromatic carbocycles. The van der Waals surface area contributed by atoms with Gasteiger partial charge in [0.25, 0.3) is 0 Å². The third-order valence-electron chi connectivity index (χ3n) is 2.55. The summed E-state index contributed by atoms with van der Waals surface area (Å²) in [6.45, 7) is 5.98. The van der Waals surface area contributed by atoms with Gasteiger partial charge in [0.05, 0.1) is 6.07 Å². The lowest BCUT2D eigenvalue weighted by atomic mass is 10.1. The van der Waals surface area contributed by atoms with Crippen LogP contribution in [0.15, 0.2) is 0 Å². The SMILES string of the molecule is CCC(C)NC(=O)CCNC(=O)C(C#N)CC. The Kier molecular flexibility index (Phi) is 7.78. The van der Waals surface area contributed by atoms with Gasteiger partial charge in [-0.3, -0.25) is 9.59 Å². The molecule has 5 nitrogen and oxygen atoms in total. The van der Waals surface area contributed by atoms with Crippen LogP contribution in [0.4, 0.5) is 0 Å². The molecule has 0 bridgehead atoms. The molecule has 0 rings (SSSR count). The van der Waals surface area contributed by atoms with E-state index in [1.54, 1.807) is 6.92 Å². The first-order valence-electron chi connectivity index (χ1n) is 6.01. The molecule has 17 heavy (non-hydrogen) atoms. The third-order valence-corrected chi connectivity index (χ3v) is 2.55. The summed E-state index contributed by atoms with van der Waals surface area (Å²) < 4.78 is 0. The minimum absolute atomic E-state index is 0.0790. The van der Waals surface area contributed by atoms with Crippen LogP contribution in [0.5, 0.6) is 0 Å². The Morgan fingerprint density at radius 3 is 2.41 bits per heavy atom. The lowest BCUT2D eigenvalue weighted by molar-refractivity contribution is -0.124. The number of rotatable bonds is 7. The number of hydrogen-bond donors (Lipinski definition) is 2. The second kappa shape index (κ2) is 8.57. The summed E-state index contributed by atoms with van der Waals surface area (Å²) in [7, 11) is 0. The first-order valence-corrected chi connectivity index (χ1v) is 6.01. The van der Waals surface area contributed by atoms with Crippen LogP contribution in [0.2, 0.25) is 0 Å². The van der Waals surface area contributed by atoms with Gasteiger partial charge in [0.15, 0.2) is 0 Å². The Labute approximate surface area is 103 Å². The molecule has 2 amide bonds. The fourth-order valence-corrected chi connectivity index (χ4v) is 1.21. The molecule has 0 radical (unpaired) electrons. The largest absolute Gasteiger partial charge is 0.354 e. The summed E-state index contributed by atoms with van der Waals surface area (Å²) in [6.07, 6.45) is 1.61. The molecule has 0 saturated carbocycles. The standard InChI is InChI=1S/C12H21N3O2/c1-4-9(3)15-11(16)6-7-14-12(17)10(5-2)8-13/h9-10H,4-7H2,1-3H3,(H,14,17)(H,15,16). The third kappa shape index (κ3) is 6.56. The fraction of sp³-hybridized carbons (Fsp3) is 0.750. The zero-order valence-electron chi connectivity index (χ0n) is 10.7. The zero-order chi connectivity index (χ0) is 13.3. The molecule has 0 saturated heterocycles. The van der Waals surface area contributed by atoms with Crippen LogP contribution < -0.4 is 10.6 Å². The topological polar surface area (TPSA) is 82.0 Å². The predicted octanol–water partition coefficient (Wildman–Crippen LogP) is 0.957. The fourth-order valence-electron chi connectivity index (χ4n) is 1.21. The van der Waals surface area contributed by atoms with Crippen LogP contribution >= 0.6 is 0 Å². The van der Waals surface area contributed by atoms with Gasteiger partial charge in [0.2, 0.25) is 11.8 Å². The molecule has 0 spiro atoms. The number of nitrogens with zero attached hydrogens (tertiary/aromatic N) is 1. The van der Waals surface area contributed by atoms with E-state index in [9.17, 15) is 9.59 Å². The average molecular weight is 239 g/mol. The molecular formula is C12H21N3O2. The quantitative estimate of drug-likeness (QED) is 0.694. The maximum absolute atomic E-state index is 11.4. The van der Waals surface area contributed by atoms with Crippen molar-refractivity contribution in [1.82, 2.24) is 10.6 Å². The highest BCUT2D eigenvalue weighted by Gasteiger charge is 2.15. The summed E-state index contributed by atoms with van der Waals surface area (Å²) in [4.78, 5) is 22.8. The highest BCUT2D eigenvalue weighted by atomic mass is 16.2. The van der Waals surface area contributed by atoms with Crippen molar-refractivity contribution in [2.45, 2.75) is 46.1 Å². The van der Waals surface area contributed by atoms with E-state index >= 15 is 0 Å². The Hall–Kier alpha value is -1.57. The first-order chi connectivity index (χ1) is 8.04. The average Bonchev–Trinajstić information content (AvgIpc) is 2.30. The Morgan fingerprint density at radius 1 is 1.29 bits per heavy atom. The van der Waals surface area contributed by atoms with Crippen LogP contribution in [-0.2, 0) is 9.59 Å². The Balaban J connectivity index is 3.81. The maximum atomic E-state index is 11.4. The lowest BCUT2D eigenvalue weighted by Gasteiger charge is -2.12. The molecule has 0 aromatic rings. The van der Waals surface area contributed by atoms with Crippen molar-refractivity contribution < 1.29 is 9.59 Å². The van der Waals surface area contributed by atoms with Crippen LogP contribution in [0.1, 0.15) is 40.0 Å². The van der Waals surface area contributed by atoms with Gasteiger partial charge < -0.3 is 10.6 Å². The number of hydrogen-bond acceptors (Lipinski definition) is 3. The second-order valence-corrected chi connectivity index (χ2v) is 4.01. The van der Waals surface area contributed by atoms with E-state index in [1.807, 2.05) is 19.9 Å². The lowest BCUT2D eigenvalue weighted by Crippen LogP contribution is -2.36. The van der Waals surface area contributed by atoms with E-state index in [2.05, 4.69) is 10.6 Å². The van der Waals surface area contributed by atoms with Crippen LogP contribution in [0, 0.1) is 17.2 Å². The highest BCUT2D eigenvalue weighted by molar-refractivity contribution is 5.82. The molecule has 0 aliphatic rings. The molecule has 2 N–H and O–H groups in total. The predicted molar refractivity (Wildman–Crippen MR) is 64.9 cm³/mol. The van der Waals surface area contributed by atoms with Crippen molar-refractivity contribution >= 4 is 11.8 Å². The number of carbonyl (C=O) groups is 2. The van der Waals surface area contributed by atoms with E-state index in [0.717, 1.165) is 6.42 Å². The summed E-state index contributed by atoms with van der Waals surface area (Å²) in [6, 6.07) is 2.07. The second-order valence-electron chi connectivity index (χ2n) is 4.01. The van der Waals surface area contributed by atoms with Crippen molar-refractivity contribution in [3.63, 3.8) is 0 Å². The molecule has 2 atom stereocenters. The van der Waals surface area contributed by atoms with Crippen LogP contribution in [0.25, 0.3) is 0 Å². The number of nitriles is 1. The molecule has 96 valence electrons. The summed E-state index contributed by atoms with van der Waals surface area (Å²) in [5.74, 6) is -0.997. The Bertz CT molecular complexity index is 297. The van der Waals surface area contributed by atoms with Crippen LogP contribution in [0.3, 0.4) is 0 Å². The number of nitrogens with one attached hydrogen (secondary N) is 2. The van der Waals surface area contributed by atoms with E-state index < -0.39 is 5.92 Å². The maximum Gasteiger partial charge on any atom is 0.237 e. The van der Waals surface area contributed by atoms with Crippen molar-refractivity contribution in [3.8, 4) is 6.07 Å². The molecule has 0 fully saturated rings. The molecular weight excluding hydrogens is 218 g/mol. The van der Waals surface area contributed by atoms with Crippen molar-refractivity contribution in [2.75, 3.05) is 6.54 Å².